The molecule has 1 aromatic rings. The zero-order valence-corrected chi connectivity index (χ0v) is 11.1. The van der Waals surface area contributed by atoms with Gasteiger partial charge in [-0.05, 0) is 19.4 Å². The van der Waals surface area contributed by atoms with Crippen molar-refractivity contribution in [2.75, 3.05) is 19.6 Å². The third kappa shape index (κ3) is 6.51. The van der Waals surface area contributed by atoms with Crippen molar-refractivity contribution in [2.45, 2.75) is 26.3 Å². The van der Waals surface area contributed by atoms with Crippen molar-refractivity contribution in [1.29, 1.82) is 0 Å². The number of aryl methyl sites for hydroxylation is 1. The lowest BCUT2D eigenvalue weighted by molar-refractivity contribution is -0.122. The fourth-order valence-electron chi connectivity index (χ4n) is 1.46. The van der Waals surface area contributed by atoms with Crippen LogP contribution in [-0.4, -0.2) is 46.4 Å². The van der Waals surface area contributed by atoms with E-state index < -0.39 is 0 Å². The first-order valence-electron chi connectivity index (χ1n) is 6.22. The number of hydrogen-bond acceptors (Lipinski definition) is 5. The van der Waals surface area contributed by atoms with E-state index in [1.807, 2.05) is 0 Å². The Balaban J connectivity index is 2.24. The van der Waals surface area contributed by atoms with Crippen molar-refractivity contribution in [3.05, 3.63) is 11.9 Å². The van der Waals surface area contributed by atoms with Gasteiger partial charge in [0.05, 0.1) is 5.69 Å². The van der Waals surface area contributed by atoms with Gasteiger partial charge in [0.1, 0.15) is 6.54 Å². The molecule has 1 heterocycles. The van der Waals surface area contributed by atoms with Crippen molar-refractivity contribution < 1.29 is 9.59 Å². The van der Waals surface area contributed by atoms with Gasteiger partial charge < -0.3 is 16.4 Å². The minimum Gasteiger partial charge on any atom is -0.355 e. The summed E-state index contributed by atoms with van der Waals surface area (Å²) >= 11 is 0. The summed E-state index contributed by atoms with van der Waals surface area (Å²) in [5.41, 5.74) is 6.23. The van der Waals surface area contributed by atoms with Crippen LogP contribution in [0.5, 0.6) is 0 Å². The summed E-state index contributed by atoms with van der Waals surface area (Å²) in [5.74, 6) is -0.282. The van der Waals surface area contributed by atoms with Crippen LogP contribution in [0, 0.1) is 0 Å². The molecule has 0 aliphatic rings. The lowest BCUT2D eigenvalue weighted by Crippen LogP contribution is -2.35. The molecule has 0 atom stereocenters. The second kappa shape index (κ2) is 8.20. The maximum atomic E-state index is 11.5. The molecule has 0 saturated carbocycles. The minimum absolute atomic E-state index is 0.116. The van der Waals surface area contributed by atoms with Gasteiger partial charge in [-0.3, -0.25) is 9.59 Å². The molecule has 4 N–H and O–H groups in total. The van der Waals surface area contributed by atoms with E-state index in [1.165, 1.54) is 11.6 Å². The third-order valence-corrected chi connectivity index (χ3v) is 2.35. The van der Waals surface area contributed by atoms with Crippen LogP contribution < -0.4 is 16.4 Å². The molecule has 0 spiro atoms. The molecule has 19 heavy (non-hydrogen) atoms. The minimum atomic E-state index is -0.166. The highest BCUT2D eigenvalue weighted by atomic mass is 16.2. The van der Waals surface area contributed by atoms with Gasteiger partial charge in [-0.15, -0.1) is 5.10 Å². The van der Waals surface area contributed by atoms with Crippen molar-refractivity contribution in [2.24, 2.45) is 5.73 Å². The summed E-state index contributed by atoms with van der Waals surface area (Å²) in [6.45, 7) is 2.97. The predicted molar refractivity (Wildman–Crippen MR) is 69.1 cm³/mol. The predicted octanol–water partition coefficient (Wildman–Crippen LogP) is -1.58. The number of aromatic nitrogens is 3. The van der Waals surface area contributed by atoms with Gasteiger partial charge in [0.25, 0.3) is 0 Å². The molecule has 0 aliphatic carbocycles. The Bertz CT molecular complexity index is 417. The molecular weight excluding hydrogens is 248 g/mol. The maximum Gasteiger partial charge on any atom is 0.241 e. The number of nitrogens with two attached hydrogens (primary N) is 1. The van der Waals surface area contributed by atoms with Crippen molar-refractivity contribution in [1.82, 2.24) is 25.6 Å². The van der Waals surface area contributed by atoms with Gasteiger partial charge in [0, 0.05) is 26.2 Å². The Morgan fingerprint density at radius 3 is 2.79 bits per heavy atom. The molecule has 2 amide bonds. The van der Waals surface area contributed by atoms with Crippen LogP contribution >= 0.6 is 0 Å². The monoisotopic (exact) mass is 268 g/mol. The Hall–Kier alpha value is -1.96. The van der Waals surface area contributed by atoms with E-state index in [9.17, 15) is 9.59 Å². The summed E-state index contributed by atoms with van der Waals surface area (Å²) in [7, 11) is 0. The number of hydrogen-bond donors (Lipinski definition) is 3. The van der Waals surface area contributed by atoms with E-state index >= 15 is 0 Å². The number of amides is 2. The summed E-state index contributed by atoms with van der Waals surface area (Å²) in [5, 5.41) is 13.1. The normalized spacial score (nSPS) is 10.2. The van der Waals surface area contributed by atoms with E-state index in [2.05, 4.69) is 20.9 Å². The Labute approximate surface area is 111 Å². The van der Waals surface area contributed by atoms with E-state index in [0.717, 1.165) is 18.5 Å². The lowest BCUT2D eigenvalue weighted by atomic mass is 10.2. The van der Waals surface area contributed by atoms with E-state index in [-0.39, 0.29) is 18.4 Å². The SMILES string of the molecule is CC(=O)NCCNC(=O)Cn1cc(CCCN)nn1. The number of nitrogens with one attached hydrogen (secondary N) is 2. The fourth-order valence-corrected chi connectivity index (χ4v) is 1.46. The molecule has 0 aromatic carbocycles. The molecule has 0 unspecified atom stereocenters. The van der Waals surface area contributed by atoms with Gasteiger partial charge in [-0.25, -0.2) is 4.68 Å². The molecule has 0 fully saturated rings. The lowest BCUT2D eigenvalue weighted by Gasteiger charge is -2.05. The Kier molecular flexibility index (Phi) is 6.51. The quantitative estimate of drug-likeness (QED) is 0.492. The van der Waals surface area contributed by atoms with Gasteiger partial charge >= 0.3 is 0 Å². The number of carbonyl (C=O) groups excluding carboxylic acids is 2. The van der Waals surface area contributed by atoms with Gasteiger partial charge in [-0.2, -0.15) is 0 Å². The van der Waals surface area contributed by atoms with Gasteiger partial charge in [-0.1, -0.05) is 5.21 Å². The van der Waals surface area contributed by atoms with E-state index in [0.29, 0.717) is 19.6 Å². The molecule has 106 valence electrons. The summed E-state index contributed by atoms with van der Waals surface area (Å²) in [6, 6.07) is 0. The number of carbonyl (C=O) groups is 2. The molecule has 0 aliphatic heterocycles. The molecule has 0 radical (unpaired) electrons. The molecule has 0 saturated heterocycles. The standard InChI is InChI=1S/C11H20N6O2/c1-9(18)13-5-6-14-11(19)8-17-7-10(15-16-17)3-2-4-12/h7H,2-6,8,12H2,1H3,(H,13,18)(H,14,19). The first-order valence-corrected chi connectivity index (χ1v) is 6.22. The molecule has 8 heteroatoms. The highest BCUT2D eigenvalue weighted by Gasteiger charge is 2.05. The van der Waals surface area contributed by atoms with E-state index in [4.69, 9.17) is 5.73 Å². The van der Waals surface area contributed by atoms with E-state index in [1.54, 1.807) is 6.20 Å². The highest BCUT2D eigenvalue weighted by Crippen LogP contribution is 1.96. The first kappa shape index (κ1) is 15.1. The van der Waals surface area contributed by atoms with Crippen molar-refractivity contribution in [3.8, 4) is 0 Å². The highest BCUT2D eigenvalue weighted by molar-refractivity contribution is 5.76. The van der Waals surface area contributed by atoms with Crippen LogP contribution in [0.25, 0.3) is 0 Å². The van der Waals surface area contributed by atoms with Crippen LogP contribution in [-0.2, 0) is 22.6 Å². The largest absolute Gasteiger partial charge is 0.355 e. The molecule has 1 rings (SSSR count). The van der Waals surface area contributed by atoms with Crippen LogP contribution in [0.3, 0.4) is 0 Å². The second-order valence-electron chi connectivity index (χ2n) is 4.13. The van der Waals surface area contributed by atoms with Crippen molar-refractivity contribution in [3.63, 3.8) is 0 Å². The topological polar surface area (TPSA) is 115 Å². The fraction of sp³-hybridized carbons (Fsp3) is 0.636. The van der Waals surface area contributed by atoms with Gasteiger partial charge in [0.2, 0.25) is 11.8 Å². The third-order valence-electron chi connectivity index (χ3n) is 2.35. The molecule has 1 aromatic heterocycles. The zero-order chi connectivity index (χ0) is 14.1. The van der Waals surface area contributed by atoms with Gasteiger partial charge in [0.15, 0.2) is 0 Å². The summed E-state index contributed by atoms with van der Waals surface area (Å²) in [6.07, 6.45) is 3.35. The van der Waals surface area contributed by atoms with Crippen LogP contribution in [0.4, 0.5) is 0 Å². The summed E-state index contributed by atoms with van der Waals surface area (Å²) in [4.78, 5) is 22.2. The van der Waals surface area contributed by atoms with Crippen LogP contribution in [0.2, 0.25) is 0 Å². The van der Waals surface area contributed by atoms with Crippen LogP contribution in [0.1, 0.15) is 19.0 Å². The smallest absolute Gasteiger partial charge is 0.241 e. The average Bonchev–Trinajstić information content (AvgIpc) is 2.79. The van der Waals surface area contributed by atoms with Crippen LogP contribution in [0.15, 0.2) is 6.20 Å². The molecular formula is C11H20N6O2. The summed E-state index contributed by atoms with van der Waals surface area (Å²) < 4.78 is 1.49. The average molecular weight is 268 g/mol. The molecule has 8 nitrogen and oxygen atoms in total. The maximum absolute atomic E-state index is 11.5. The number of nitrogens with zero attached hydrogens (tertiary/aromatic N) is 3. The first-order chi connectivity index (χ1) is 9.11. The Morgan fingerprint density at radius 2 is 2.11 bits per heavy atom. The molecule has 0 bridgehead atoms. The Morgan fingerprint density at radius 1 is 1.37 bits per heavy atom. The number of rotatable bonds is 8. The zero-order valence-electron chi connectivity index (χ0n) is 11.1. The van der Waals surface area contributed by atoms with Crippen molar-refractivity contribution >= 4 is 11.8 Å². The second-order valence-corrected chi connectivity index (χ2v) is 4.13.